The summed E-state index contributed by atoms with van der Waals surface area (Å²) in [7, 11) is 1.37. The van der Waals surface area contributed by atoms with Gasteiger partial charge in [-0.05, 0) is 12.1 Å². The van der Waals surface area contributed by atoms with Crippen molar-refractivity contribution in [3.8, 4) is 0 Å². The van der Waals surface area contributed by atoms with Gasteiger partial charge in [-0.3, -0.25) is 0 Å². The van der Waals surface area contributed by atoms with Crippen molar-refractivity contribution in [2.24, 2.45) is 0 Å². The molecular formula is C8H10CaO2. The minimum atomic E-state index is -0.291. The third-order valence-electron chi connectivity index (χ3n) is 1.19. The van der Waals surface area contributed by atoms with Crippen LogP contribution in [-0.2, 0) is 4.74 Å². The Balaban J connectivity index is 0.000001000. The predicted molar refractivity (Wildman–Crippen MR) is 46.3 cm³/mol. The molecule has 0 aliphatic carbocycles. The van der Waals surface area contributed by atoms with Crippen LogP contribution in [0, 0.1) is 0 Å². The number of carbonyl (C=O) groups excluding carboxylic acids is 1. The maximum absolute atomic E-state index is 10.8. The van der Waals surface area contributed by atoms with Crippen LogP contribution in [0.15, 0.2) is 30.3 Å². The fourth-order valence-electron chi connectivity index (χ4n) is 0.692. The summed E-state index contributed by atoms with van der Waals surface area (Å²) in [4.78, 5) is 10.8. The standard InChI is InChI=1S/C8H8O2.Ca.2H/c1-10-8(9)7-5-3-2-4-6-7;;;/h2-6H,1H3;;;. The van der Waals surface area contributed by atoms with Gasteiger partial charge in [-0.1, -0.05) is 18.2 Å². The molecule has 0 unspecified atom stereocenters. The molecule has 2 nitrogen and oxygen atoms in total. The van der Waals surface area contributed by atoms with Crippen molar-refractivity contribution >= 4 is 43.7 Å². The summed E-state index contributed by atoms with van der Waals surface area (Å²) in [5.74, 6) is -0.291. The molecule has 0 N–H and O–H groups in total. The fraction of sp³-hybridized carbons (Fsp3) is 0.125. The second kappa shape index (κ2) is 5.58. The molecule has 0 saturated carbocycles. The van der Waals surface area contributed by atoms with E-state index in [4.69, 9.17) is 0 Å². The first-order valence-corrected chi connectivity index (χ1v) is 2.98. The molecule has 1 aromatic rings. The predicted octanol–water partition coefficient (Wildman–Crippen LogP) is 0.557. The van der Waals surface area contributed by atoms with Crippen LogP contribution in [0.1, 0.15) is 10.4 Å². The Bertz CT molecular complexity index is 221. The number of benzene rings is 1. The van der Waals surface area contributed by atoms with Gasteiger partial charge in [0.05, 0.1) is 12.7 Å². The number of hydrogen-bond acceptors (Lipinski definition) is 2. The van der Waals surface area contributed by atoms with Gasteiger partial charge in [-0.25, -0.2) is 4.79 Å². The Morgan fingerprint density at radius 1 is 1.27 bits per heavy atom. The van der Waals surface area contributed by atoms with Crippen LogP contribution in [0.25, 0.3) is 0 Å². The molecule has 0 amide bonds. The van der Waals surface area contributed by atoms with Gasteiger partial charge < -0.3 is 4.74 Å². The van der Waals surface area contributed by atoms with Crippen molar-refractivity contribution in [2.45, 2.75) is 0 Å². The quantitative estimate of drug-likeness (QED) is 0.464. The number of esters is 1. The molecule has 0 saturated heterocycles. The van der Waals surface area contributed by atoms with Crippen LogP contribution in [0.3, 0.4) is 0 Å². The Labute approximate surface area is 95.6 Å². The van der Waals surface area contributed by atoms with Crippen LogP contribution < -0.4 is 0 Å². The van der Waals surface area contributed by atoms with Crippen molar-refractivity contribution in [2.75, 3.05) is 7.11 Å². The van der Waals surface area contributed by atoms with E-state index < -0.39 is 0 Å². The van der Waals surface area contributed by atoms with Gasteiger partial charge in [0, 0.05) is 0 Å². The van der Waals surface area contributed by atoms with Gasteiger partial charge in [-0.15, -0.1) is 0 Å². The molecule has 1 rings (SSSR count). The zero-order valence-corrected chi connectivity index (χ0v) is 5.70. The SMILES string of the molecule is COC(=O)c1ccccc1.[CaH2]. The van der Waals surface area contributed by atoms with Crippen molar-refractivity contribution in [3.05, 3.63) is 35.9 Å². The van der Waals surface area contributed by atoms with E-state index in [1.807, 2.05) is 6.07 Å². The summed E-state index contributed by atoms with van der Waals surface area (Å²) in [5, 5.41) is 0. The van der Waals surface area contributed by atoms with E-state index in [-0.39, 0.29) is 43.7 Å². The van der Waals surface area contributed by atoms with E-state index in [1.165, 1.54) is 7.11 Å². The zero-order valence-electron chi connectivity index (χ0n) is 5.70. The van der Waals surface area contributed by atoms with Gasteiger partial charge in [0.1, 0.15) is 0 Å². The molecule has 1 aromatic carbocycles. The van der Waals surface area contributed by atoms with Crippen LogP contribution in [0.4, 0.5) is 0 Å². The van der Waals surface area contributed by atoms with Gasteiger partial charge in [0.25, 0.3) is 0 Å². The van der Waals surface area contributed by atoms with Crippen LogP contribution >= 0.6 is 0 Å². The maximum atomic E-state index is 10.8. The molecule has 0 fully saturated rings. The van der Waals surface area contributed by atoms with Crippen molar-refractivity contribution < 1.29 is 9.53 Å². The van der Waals surface area contributed by atoms with E-state index in [2.05, 4.69) is 4.74 Å². The van der Waals surface area contributed by atoms with Crippen molar-refractivity contribution in [1.82, 2.24) is 0 Å². The summed E-state index contributed by atoms with van der Waals surface area (Å²) >= 11 is 0. The van der Waals surface area contributed by atoms with Gasteiger partial charge >= 0.3 is 43.7 Å². The van der Waals surface area contributed by atoms with E-state index in [0.29, 0.717) is 5.56 Å². The first kappa shape index (κ1) is 10.9. The topological polar surface area (TPSA) is 26.3 Å². The zero-order chi connectivity index (χ0) is 7.40. The summed E-state index contributed by atoms with van der Waals surface area (Å²) in [6.07, 6.45) is 0. The first-order chi connectivity index (χ1) is 4.84. The monoisotopic (exact) mass is 178 g/mol. The second-order valence-electron chi connectivity index (χ2n) is 1.86. The Kier molecular flexibility index (Phi) is 5.56. The Morgan fingerprint density at radius 2 is 1.82 bits per heavy atom. The van der Waals surface area contributed by atoms with E-state index in [0.717, 1.165) is 0 Å². The molecule has 0 aliphatic heterocycles. The average Bonchev–Trinajstić information content (AvgIpc) is 2.05. The van der Waals surface area contributed by atoms with Crippen LogP contribution in [0.2, 0.25) is 0 Å². The molecule has 11 heavy (non-hydrogen) atoms. The Hall–Kier alpha value is -0.0503. The molecule has 0 spiro atoms. The third kappa shape index (κ3) is 3.23. The number of hydrogen-bond donors (Lipinski definition) is 0. The van der Waals surface area contributed by atoms with Gasteiger partial charge in [0.2, 0.25) is 0 Å². The summed E-state index contributed by atoms with van der Waals surface area (Å²) in [5.41, 5.74) is 0.588. The van der Waals surface area contributed by atoms with E-state index in [9.17, 15) is 4.79 Å². The van der Waals surface area contributed by atoms with E-state index >= 15 is 0 Å². The molecule has 0 aromatic heterocycles. The van der Waals surface area contributed by atoms with Gasteiger partial charge in [0.15, 0.2) is 0 Å². The molecule has 0 radical (unpaired) electrons. The molecule has 0 heterocycles. The fourth-order valence-corrected chi connectivity index (χ4v) is 0.692. The van der Waals surface area contributed by atoms with E-state index in [1.54, 1.807) is 24.3 Å². The van der Waals surface area contributed by atoms with Crippen molar-refractivity contribution in [1.29, 1.82) is 0 Å². The first-order valence-electron chi connectivity index (χ1n) is 2.98. The van der Waals surface area contributed by atoms with Crippen LogP contribution in [-0.4, -0.2) is 50.8 Å². The number of rotatable bonds is 1. The number of carbonyl (C=O) groups is 1. The minimum absolute atomic E-state index is 0. The Morgan fingerprint density at radius 3 is 2.27 bits per heavy atom. The number of methoxy groups -OCH3 is 1. The normalized spacial score (nSPS) is 8.09. The summed E-state index contributed by atoms with van der Waals surface area (Å²) < 4.78 is 4.50. The molecule has 0 aliphatic rings. The molecule has 0 bridgehead atoms. The molecule has 3 heteroatoms. The summed E-state index contributed by atoms with van der Waals surface area (Å²) in [6.45, 7) is 0. The number of ether oxygens (including phenoxy) is 1. The third-order valence-corrected chi connectivity index (χ3v) is 1.19. The average molecular weight is 178 g/mol. The molecule has 0 atom stereocenters. The molecule has 56 valence electrons. The van der Waals surface area contributed by atoms with Crippen LogP contribution in [0.5, 0.6) is 0 Å². The second-order valence-corrected chi connectivity index (χ2v) is 1.86. The molecular weight excluding hydrogens is 168 g/mol. The van der Waals surface area contributed by atoms with Gasteiger partial charge in [-0.2, -0.15) is 0 Å². The summed E-state index contributed by atoms with van der Waals surface area (Å²) in [6, 6.07) is 8.88. The van der Waals surface area contributed by atoms with Crippen molar-refractivity contribution in [3.63, 3.8) is 0 Å².